The molecule has 8 heavy (non-hydrogen) atoms. The van der Waals surface area contributed by atoms with Crippen molar-refractivity contribution in [2.75, 3.05) is 0 Å². The van der Waals surface area contributed by atoms with Crippen molar-refractivity contribution in [1.82, 2.24) is 0 Å². The second-order valence-electron chi connectivity index (χ2n) is 1.28. The largest absolute Gasteiger partial charge is 0.345 e. The van der Waals surface area contributed by atoms with E-state index in [1.807, 2.05) is 6.92 Å². The maximum Gasteiger partial charge on any atom is 0.345 e. The zero-order valence-electron chi connectivity index (χ0n) is 4.59. The van der Waals surface area contributed by atoms with Gasteiger partial charge < -0.3 is 0 Å². The first-order valence-corrected chi connectivity index (χ1v) is 2.32. The summed E-state index contributed by atoms with van der Waals surface area (Å²) in [4.78, 5) is 13.8. The molecule has 0 aromatic heterocycles. The lowest BCUT2D eigenvalue weighted by molar-refractivity contribution is -0.462. The van der Waals surface area contributed by atoms with Crippen LogP contribution in [0, 0.1) is 0 Å². The molecular weight excluding hydrogens is 112 g/mol. The van der Waals surface area contributed by atoms with Crippen LogP contribution in [0.25, 0.3) is 0 Å². The molecule has 0 saturated heterocycles. The van der Waals surface area contributed by atoms with E-state index in [2.05, 4.69) is 9.93 Å². The van der Waals surface area contributed by atoms with Crippen LogP contribution in [-0.2, 0) is 14.7 Å². The van der Waals surface area contributed by atoms with E-state index >= 15 is 0 Å². The van der Waals surface area contributed by atoms with Gasteiger partial charge in [0.25, 0.3) is 0 Å². The molecule has 1 N–H and O–H groups in total. The Morgan fingerprint density at radius 3 is 2.75 bits per heavy atom. The van der Waals surface area contributed by atoms with Gasteiger partial charge in [-0.1, -0.05) is 6.92 Å². The van der Waals surface area contributed by atoms with Crippen molar-refractivity contribution in [2.45, 2.75) is 19.8 Å². The third kappa shape index (κ3) is 3.58. The number of carbonyl (C=O) groups excluding carboxylic acids is 1. The van der Waals surface area contributed by atoms with Gasteiger partial charge in [0, 0.05) is 6.42 Å². The van der Waals surface area contributed by atoms with E-state index in [-0.39, 0.29) is 6.42 Å². The minimum absolute atomic E-state index is 0.264. The quantitative estimate of drug-likeness (QED) is 0.440. The van der Waals surface area contributed by atoms with Crippen molar-refractivity contribution in [3.8, 4) is 0 Å². The van der Waals surface area contributed by atoms with Gasteiger partial charge in [-0.15, -0.1) is 0 Å². The molecule has 0 aliphatic heterocycles. The minimum atomic E-state index is -0.560. The van der Waals surface area contributed by atoms with Crippen LogP contribution in [0.2, 0.25) is 0 Å². The highest BCUT2D eigenvalue weighted by molar-refractivity contribution is 5.68. The third-order valence-corrected chi connectivity index (χ3v) is 0.584. The molecule has 0 aliphatic carbocycles. The molecule has 0 bridgehead atoms. The van der Waals surface area contributed by atoms with Crippen molar-refractivity contribution < 1.29 is 20.0 Å². The van der Waals surface area contributed by atoms with Crippen molar-refractivity contribution in [3.05, 3.63) is 0 Å². The summed E-state index contributed by atoms with van der Waals surface area (Å²) in [5.41, 5.74) is 0. The highest BCUT2D eigenvalue weighted by Gasteiger charge is 1.98. The fraction of sp³-hybridized carbons (Fsp3) is 0.750. The van der Waals surface area contributed by atoms with Crippen LogP contribution in [0.4, 0.5) is 0 Å². The van der Waals surface area contributed by atoms with Crippen LogP contribution in [0.3, 0.4) is 0 Å². The number of hydrogen-bond donors (Lipinski definition) is 1. The van der Waals surface area contributed by atoms with Gasteiger partial charge in [0.2, 0.25) is 0 Å². The van der Waals surface area contributed by atoms with Crippen molar-refractivity contribution in [1.29, 1.82) is 0 Å². The molecule has 0 heterocycles. The molecule has 0 aliphatic rings. The predicted molar refractivity (Wildman–Crippen MR) is 24.7 cm³/mol. The first-order valence-electron chi connectivity index (χ1n) is 2.32. The Bertz CT molecular complexity index is 62.4. The monoisotopic (exact) mass is 120 g/mol. The van der Waals surface area contributed by atoms with E-state index in [4.69, 9.17) is 5.26 Å². The predicted octanol–water partition coefficient (Wildman–Crippen LogP) is 0.734. The summed E-state index contributed by atoms with van der Waals surface area (Å²) < 4.78 is 0. The molecule has 4 heteroatoms. The lowest BCUT2D eigenvalue weighted by atomic mass is 10.3. The van der Waals surface area contributed by atoms with E-state index in [1.54, 1.807) is 0 Å². The molecule has 0 unspecified atom stereocenters. The SMILES string of the molecule is CCCC(=O)OOO. The molecule has 0 saturated carbocycles. The van der Waals surface area contributed by atoms with Crippen LogP contribution in [0.1, 0.15) is 19.8 Å². The van der Waals surface area contributed by atoms with E-state index in [1.165, 1.54) is 0 Å². The number of hydrogen-bond acceptors (Lipinski definition) is 4. The van der Waals surface area contributed by atoms with E-state index in [0.29, 0.717) is 6.42 Å². The van der Waals surface area contributed by atoms with Gasteiger partial charge in [-0.05, 0) is 11.5 Å². The average Bonchev–Trinajstić information content (AvgIpc) is 1.68. The Labute approximate surface area is 46.9 Å². The Kier molecular flexibility index (Phi) is 4.20. The first-order chi connectivity index (χ1) is 3.81. The second kappa shape index (κ2) is 4.55. The molecule has 4 nitrogen and oxygen atoms in total. The van der Waals surface area contributed by atoms with Crippen molar-refractivity contribution in [2.24, 2.45) is 0 Å². The van der Waals surface area contributed by atoms with Crippen LogP contribution < -0.4 is 0 Å². The van der Waals surface area contributed by atoms with Gasteiger partial charge in [0.05, 0.1) is 0 Å². The number of rotatable bonds is 3. The fourth-order valence-electron chi connectivity index (χ4n) is 0.287. The highest BCUT2D eigenvalue weighted by atomic mass is 17.5. The van der Waals surface area contributed by atoms with Gasteiger partial charge in [-0.25, -0.2) is 10.1 Å². The molecule has 0 aromatic carbocycles. The normalized spacial score (nSPS) is 8.75. The third-order valence-electron chi connectivity index (χ3n) is 0.584. The Hall–Kier alpha value is -0.610. The Morgan fingerprint density at radius 1 is 1.75 bits per heavy atom. The van der Waals surface area contributed by atoms with Gasteiger partial charge in [0.1, 0.15) is 0 Å². The molecule has 0 radical (unpaired) electrons. The average molecular weight is 120 g/mol. The lowest BCUT2D eigenvalue weighted by Crippen LogP contribution is -2.01. The molecule has 0 fully saturated rings. The lowest BCUT2D eigenvalue weighted by Gasteiger charge is -1.91. The highest BCUT2D eigenvalue weighted by Crippen LogP contribution is 1.89. The fourth-order valence-corrected chi connectivity index (χ4v) is 0.287. The molecular formula is C4H8O4. The van der Waals surface area contributed by atoms with Crippen LogP contribution in [0.15, 0.2) is 0 Å². The van der Waals surface area contributed by atoms with E-state index < -0.39 is 5.97 Å². The summed E-state index contributed by atoms with van der Waals surface area (Å²) in [6.45, 7) is 1.82. The van der Waals surface area contributed by atoms with Gasteiger partial charge in [-0.3, -0.25) is 4.89 Å². The molecule has 0 atom stereocenters. The minimum Gasteiger partial charge on any atom is -0.269 e. The Balaban J connectivity index is 3.06. The van der Waals surface area contributed by atoms with Crippen LogP contribution in [-0.4, -0.2) is 11.2 Å². The van der Waals surface area contributed by atoms with Gasteiger partial charge in [0.15, 0.2) is 0 Å². The molecule has 0 amide bonds. The summed E-state index contributed by atoms with van der Waals surface area (Å²) in [7, 11) is 0. The van der Waals surface area contributed by atoms with Crippen molar-refractivity contribution in [3.63, 3.8) is 0 Å². The molecule has 0 spiro atoms. The number of carbonyl (C=O) groups is 1. The van der Waals surface area contributed by atoms with Crippen LogP contribution in [0.5, 0.6) is 0 Å². The topological polar surface area (TPSA) is 55.8 Å². The van der Waals surface area contributed by atoms with Gasteiger partial charge >= 0.3 is 5.97 Å². The van der Waals surface area contributed by atoms with Crippen LogP contribution >= 0.6 is 0 Å². The summed E-state index contributed by atoms with van der Waals surface area (Å²) in [5, 5.41) is 10.6. The van der Waals surface area contributed by atoms with E-state index in [9.17, 15) is 4.79 Å². The molecule has 0 aromatic rings. The van der Waals surface area contributed by atoms with Gasteiger partial charge in [-0.2, -0.15) is 0 Å². The summed E-state index contributed by atoms with van der Waals surface area (Å²) >= 11 is 0. The summed E-state index contributed by atoms with van der Waals surface area (Å²) in [5.74, 6) is -0.560. The zero-order chi connectivity index (χ0) is 6.41. The Morgan fingerprint density at radius 2 is 2.38 bits per heavy atom. The van der Waals surface area contributed by atoms with Crippen molar-refractivity contribution >= 4 is 5.97 Å². The molecule has 0 rings (SSSR count). The first kappa shape index (κ1) is 7.39. The second-order valence-corrected chi connectivity index (χ2v) is 1.28. The maximum atomic E-state index is 10.1. The standard InChI is InChI=1S/C4H8O4/c1-2-3-4(5)7-8-6/h6H,2-3H2,1H3. The molecule has 48 valence electrons. The maximum absolute atomic E-state index is 10.1. The summed E-state index contributed by atoms with van der Waals surface area (Å²) in [6.07, 6.45) is 0.947. The summed E-state index contributed by atoms with van der Waals surface area (Å²) in [6, 6.07) is 0. The smallest absolute Gasteiger partial charge is 0.269 e. The zero-order valence-corrected chi connectivity index (χ0v) is 4.59. The van der Waals surface area contributed by atoms with E-state index in [0.717, 1.165) is 0 Å².